The predicted molar refractivity (Wildman–Crippen MR) is 79.2 cm³/mol. The quantitative estimate of drug-likeness (QED) is 0.803. The van der Waals surface area contributed by atoms with Gasteiger partial charge >= 0.3 is 0 Å². The number of benzene rings is 2. The first-order valence-corrected chi connectivity index (χ1v) is 8.03. The summed E-state index contributed by atoms with van der Waals surface area (Å²) in [5, 5.41) is 5.85. The second-order valence-electron chi connectivity index (χ2n) is 4.61. The van der Waals surface area contributed by atoms with Crippen LogP contribution in [0.3, 0.4) is 0 Å². The molecule has 0 radical (unpaired) electrons. The molecule has 3 rings (SSSR count). The van der Waals surface area contributed by atoms with Gasteiger partial charge in [-0.15, -0.1) is 0 Å². The van der Waals surface area contributed by atoms with E-state index in [9.17, 15) is 8.42 Å². The molecule has 21 heavy (non-hydrogen) atoms. The molecule has 0 aliphatic heterocycles. The molecule has 5 nitrogen and oxygen atoms in total. The number of H-pyrrole nitrogens is 1. The summed E-state index contributed by atoms with van der Waals surface area (Å²) in [4.78, 5) is 3.69. The van der Waals surface area contributed by atoms with Crippen molar-refractivity contribution in [1.29, 1.82) is 0 Å². The zero-order valence-electron chi connectivity index (χ0n) is 11.1. The van der Waals surface area contributed by atoms with E-state index in [0.717, 1.165) is 11.1 Å². The van der Waals surface area contributed by atoms with Crippen molar-refractivity contribution >= 4 is 9.84 Å². The zero-order chi connectivity index (χ0) is 14.7. The van der Waals surface area contributed by atoms with Gasteiger partial charge in [-0.3, -0.25) is 5.10 Å². The first-order valence-electron chi connectivity index (χ1n) is 6.38. The van der Waals surface area contributed by atoms with Crippen molar-refractivity contribution in [2.45, 2.75) is 10.9 Å². The molecule has 0 saturated carbocycles. The maximum atomic E-state index is 12.1. The van der Waals surface area contributed by atoms with Crippen LogP contribution in [-0.2, 0) is 15.6 Å². The van der Waals surface area contributed by atoms with Crippen LogP contribution in [0.1, 0.15) is 5.56 Å². The fourth-order valence-electron chi connectivity index (χ4n) is 2.06. The Morgan fingerprint density at radius 2 is 1.57 bits per heavy atom. The Bertz CT molecular complexity index is 811. The lowest BCUT2D eigenvalue weighted by atomic mass is 10.0. The van der Waals surface area contributed by atoms with Gasteiger partial charge in [0.05, 0.1) is 5.75 Å². The highest BCUT2D eigenvalue weighted by Gasteiger charge is 2.18. The van der Waals surface area contributed by atoms with E-state index in [4.69, 9.17) is 0 Å². The molecular formula is C15H13N3O2S. The predicted octanol–water partition coefficient (Wildman–Crippen LogP) is 2.45. The lowest BCUT2D eigenvalue weighted by Gasteiger charge is -2.04. The summed E-state index contributed by atoms with van der Waals surface area (Å²) in [5.74, 6) is -0.0999. The van der Waals surface area contributed by atoms with Crippen molar-refractivity contribution in [3.63, 3.8) is 0 Å². The summed E-state index contributed by atoms with van der Waals surface area (Å²) in [6.45, 7) is 0. The molecule has 1 aromatic heterocycles. The molecule has 0 aliphatic rings. The number of hydrogen-bond donors (Lipinski definition) is 1. The number of aromatic amines is 1. The van der Waals surface area contributed by atoms with Crippen molar-refractivity contribution in [3.05, 3.63) is 66.5 Å². The molecule has 0 fully saturated rings. The molecule has 0 spiro atoms. The maximum absolute atomic E-state index is 12.1. The minimum Gasteiger partial charge on any atom is -0.250 e. The number of nitrogens with one attached hydrogen (secondary N) is 1. The SMILES string of the molecule is O=S(=O)(Cc1ccc(-c2ccccc2)cc1)c1ncn[nH]1. The second-order valence-corrected chi connectivity index (χ2v) is 6.52. The van der Waals surface area contributed by atoms with Crippen molar-refractivity contribution in [1.82, 2.24) is 15.2 Å². The summed E-state index contributed by atoms with van der Waals surface area (Å²) < 4.78 is 24.2. The van der Waals surface area contributed by atoms with Crippen molar-refractivity contribution in [2.75, 3.05) is 0 Å². The number of aromatic nitrogens is 3. The smallest absolute Gasteiger partial charge is 0.243 e. The molecule has 1 heterocycles. The molecule has 0 amide bonds. The maximum Gasteiger partial charge on any atom is 0.243 e. The lowest BCUT2D eigenvalue weighted by molar-refractivity contribution is 0.587. The van der Waals surface area contributed by atoms with Crippen molar-refractivity contribution in [2.24, 2.45) is 0 Å². The minimum atomic E-state index is -3.48. The number of hydrogen-bond acceptors (Lipinski definition) is 4. The first-order chi connectivity index (χ1) is 10.1. The first kappa shape index (κ1) is 13.5. The molecule has 0 bridgehead atoms. The number of rotatable bonds is 4. The van der Waals surface area contributed by atoms with Gasteiger partial charge in [0.1, 0.15) is 6.33 Å². The Hall–Kier alpha value is -2.47. The van der Waals surface area contributed by atoms with E-state index in [2.05, 4.69) is 15.2 Å². The van der Waals surface area contributed by atoms with Crippen LogP contribution in [0, 0.1) is 0 Å². The van der Waals surface area contributed by atoms with Gasteiger partial charge < -0.3 is 0 Å². The summed E-state index contributed by atoms with van der Waals surface area (Å²) in [7, 11) is -3.48. The molecule has 0 saturated heterocycles. The molecule has 1 N–H and O–H groups in total. The van der Waals surface area contributed by atoms with Crippen LogP contribution in [0.2, 0.25) is 0 Å². The lowest BCUT2D eigenvalue weighted by Crippen LogP contribution is -2.07. The van der Waals surface area contributed by atoms with E-state index in [1.807, 2.05) is 54.6 Å². The largest absolute Gasteiger partial charge is 0.250 e. The summed E-state index contributed by atoms with van der Waals surface area (Å²) in [6, 6.07) is 17.4. The molecule has 0 unspecified atom stereocenters. The monoisotopic (exact) mass is 299 g/mol. The highest BCUT2D eigenvalue weighted by atomic mass is 32.2. The second kappa shape index (κ2) is 5.49. The molecule has 0 atom stereocenters. The third kappa shape index (κ3) is 3.00. The van der Waals surface area contributed by atoms with Crippen molar-refractivity contribution < 1.29 is 8.42 Å². The average molecular weight is 299 g/mol. The van der Waals surface area contributed by atoms with E-state index in [0.29, 0.717) is 5.56 Å². The van der Waals surface area contributed by atoms with Gasteiger partial charge in [0.15, 0.2) is 0 Å². The van der Waals surface area contributed by atoms with Crippen LogP contribution >= 0.6 is 0 Å². The normalized spacial score (nSPS) is 11.4. The van der Waals surface area contributed by atoms with Crippen LogP contribution in [0.25, 0.3) is 11.1 Å². The summed E-state index contributed by atoms with van der Waals surface area (Å²) in [5.41, 5.74) is 2.87. The van der Waals surface area contributed by atoms with E-state index in [1.54, 1.807) is 0 Å². The standard InChI is InChI=1S/C15H13N3O2S/c19-21(20,15-16-11-17-18-15)10-12-6-8-14(9-7-12)13-4-2-1-3-5-13/h1-9,11H,10H2,(H,16,17,18). The fourth-order valence-corrected chi connectivity index (χ4v) is 3.22. The van der Waals surface area contributed by atoms with E-state index >= 15 is 0 Å². The Labute approximate surface area is 122 Å². The molecule has 0 aliphatic carbocycles. The summed E-state index contributed by atoms with van der Waals surface area (Å²) >= 11 is 0. The van der Waals surface area contributed by atoms with Gasteiger partial charge in [0.25, 0.3) is 0 Å². The van der Waals surface area contributed by atoms with Gasteiger partial charge in [-0.05, 0) is 16.7 Å². The Morgan fingerprint density at radius 3 is 2.19 bits per heavy atom. The molecular weight excluding hydrogens is 286 g/mol. The molecule has 3 aromatic rings. The van der Waals surface area contributed by atoms with Gasteiger partial charge in [0, 0.05) is 0 Å². The topological polar surface area (TPSA) is 75.7 Å². The molecule has 2 aromatic carbocycles. The third-order valence-electron chi connectivity index (χ3n) is 3.11. The third-order valence-corrected chi connectivity index (χ3v) is 4.60. The Morgan fingerprint density at radius 1 is 0.905 bits per heavy atom. The van der Waals surface area contributed by atoms with Gasteiger partial charge in [0.2, 0.25) is 15.0 Å². The summed E-state index contributed by atoms with van der Waals surface area (Å²) in [6.07, 6.45) is 1.19. The zero-order valence-corrected chi connectivity index (χ0v) is 11.9. The Kier molecular flexibility index (Phi) is 3.53. The average Bonchev–Trinajstić information content (AvgIpc) is 3.04. The van der Waals surface area contributed by atoms with Crippen LogP contribution in [-0.4, -0.2) is 23.6 Å². The number of nitrogens with zero attached hydrogens (tertiary/aromatic N) is 2. The van der Waals surface area contributed by atoms with E-state index in [1.165, 1.54) is 6.33 Å². The fraction of sp³-hybridized carbons (Fsp3) is 0.0667. The van der Waals surface area contributed by atoms with E-state index in [-0.39, 0.29) is 10.9 Å². The minimum absolute atomic E-state index is 0.0999. The highest BCUT2D eigenvalue weighted by Crippen LogP contribution is 2.20. The number of sulfone groups is 1. The Balaban J connectivity index is 1.83. The van der Waals surface area contributed by atoms with Crippen molar-refractivity contribution in [3.8, 4) is 11.1 Å². The van der Waals surface area contributed by atoms with Crippen LogP contribution < -0.4 is 0 Å². The van der Waals surface area contributed by atoms with E-state index < -0.39 is 9.84 Å². The molecule has 106 valence electrons. The van der Waals surface area contributed by atoms with Gasteiger partial charge in [-0.2, -0.15) is 5.10 Å². The highest BCUT2D eigenvalue weighted by molar-refractivity contribution is 7.90. The van der Waals surface area contributed by atoms with Crippen LogP contribution in [0.5, 0.6) is 0 Å². The van der Waals surface area contributed by atoms with Crippen LogP contribution in [0.4, 0.5) is 0 Å². The van der Waals surface area contributed by atoms with Gasteiger partial charge in [-0.1, -0.05) is 54.6 Å². The van der Waals surface area contributed by atoms with Crippen LogP contribution in [0.15, 0.2) is 66.1 Å². The molecule has 6 heteroatoms. The van der Waals surface area contributed by atoms with Gasteiger partial charge in [-0.25, -0.2) is 13.4 Å².